The van der Waals surface area contributed by atoms with Crippen LogP contribution in [0.15, 0.2) is 22.8 Å². The number of carbonyl (C=O) groups is 2. The lowest BCUT2D eigenvalue weighted by Crippen LogP contribution is -2.47. The Morgan fingerprint density at radius 3 is 2.88 bits per heavy atom. The van der Waals surface area contributed by atoms with Crippen molar-refractivity contribution in [1.82, 2.24) is 10.3 Å². The van der Waals surface area contributed by atoms with E-state index >= 15 is 0 Å². The van der Waals surface area contributed by atoms with E-state index in [-0.39, 0.29) is 17.9 Å². The molecule has 1 aromatic heterocycles. The lowest BCUT2D eigenvalue weighted by atomic mass is 10.1. The molecule has 1 saturated heterocycles. The fourth-order valence-corrected chi connectivity index (χ4v) is 1.71. The molecule has 1 aliphatic heterocycles. The van der Waals surface area contributed by atoms with Crippen molar-refractivity contribution in [3.05, 3.63) is 22.8 Å². The molecule has 1 fully saturated rings. The Balaban J connectivity index is 2.02. The third kappa shape index (κ3) is 2.57. The molecule has 1 aliphatic rings. The lowest BCUT2D eigenvalue weighted by molar-refractivity contribution is -0.133. The maximum atomic E-state index is 11.4. The maximum absolute atomic E-state index is 11.4. The number of halogens is 1. The maximum Gasteiger partial charge on any atom is 0.249 e. The highest BCUT2D eigenvalue weighted by atomic mass is 79.9. The van der Waals surface area contributed by atoms with Crippen molar-refractivity contribution in [2.45, 2.75) is 18.9 Å². The van der Waals surface area contributed by atoms with Gasteiger partial charge in [-0.1, -0.05) is 0 Å². The number of rotatable bonds is 2. The normalized spacial score (nSPS) is 20.4. The minimum absolute atomic E-state index is 0.216. The van der Waals surface area contributed by atoms with Gasteiger partial charge in [-0.2, -0.15) is 0 Å². The van der Waals surface area contributed by atoms with E-state index in [0.717, 1.165) is 4.47 Å². The van der Waals surface area contributed by atoms with Crippen LogP contribution in [0.5, 0.6) is 0 Å². The zero-order valence-corrected chi connectivity index (χ0v) is 9.95. The van der Waals surface area contributed by atoms with Crippen LogP contribution in [0.4, 0.5) is 5.82 Å². The van der Waals surface area contributed by atoms with Crippen LogP contribution in [0.2, 0.25) is 0 Å². The predicted octanol–water partition coefficient (Wildman–Crippen LogP) is 1.06. The molecule has 0 radical (unpaired) electrons. The second kappa shape index (κ2) is 4.61. The Labute approximate surface area is 101 Å². The molecule has 1 aromatic rings. The number of nitrogens with one attached hydrogen (secondary N) is 2. The van der Waals surface area contributed by atoms with Gasteiger partial charge in [-0.05, 0) is 34.5 Å². The molecule has 2 amide bonds. The van der Waals surface area contributed by atoms with Crippen molar-refractivity contribution >= 4 is 33.6 Å². The monoisotopic (exact) mass is 283 g/mol. The van der Waals surface area contributed by atoms with Gasteiger partial charge in [0.2, 0.25) is 11.8 Å². The summed E-state index contributed by atoms with van der Waals surface area (Å²) in [6.07, 6.45) is 2.51. The third-order valence-electron chi connectivity index (χ3n) is 2.29. The molecule has 16 heavy (non-hydrogen) atoms. The van der Waals surface area contributed by atoms with Gasteiger partial charge in [-0.3, -0.25) is 14.9 Å². The number of hydrogen-bond donors (Lipinski definition) is 2. The average molecular weight is 284 g/mol. The van der Waals surface area contributed by atoms with Crippen LogP contribution in [-0.4, -0.2) is 22.8 Å². The highest BCUT2D eigenvalue weighted by Crippen LogP contribution is 2.14. The number of piperidine rings is 1. The molecule has 1 unspecified atom stereocenters. The largest absolute Gasteiger partial charge is 0.358 e. The van der Waals surface area contributed by atoms with Crippen LogP contribution in [0, 0.1) is 0 Å². The molecule has 84 valence electrons. The van der Waals surface area contributed by atoms with Crippen LogP contribution in [-0.2, 0) is 9.59 Å². The second-order valence-electron chi connectivity index (χ2n) is 3.51. The number of amides is 2. The van der Waals surface area contributed by atoms with E-state index < -0.39 is 0 Å². The van der Waals surface area contributed by atoms with E-state index in [1.807, 2.05) is 6.07 Å². The first-order chi connectivity index (χ1) is 7.65. The van der Waals surface area contributed by atoms with Gasteiger partial charge in [0.25, 0.3) is 0 Å². The number of aromatic nitrogens is 1. The molecular formula is C10H10BrN3O2. The molecule has 5 nitrogen and oxygen atoms in total. The molecule has 0 aliphatic carbocycles. The highest BCUT2D eigenvalue weighted by molar-refractivity contribution is 9.10. The van der Waals surface area contributed by atoms with Gasteiger partial charge in [-0.15, -0.1) is 0 Å². The van der Waals surface area contributed by atoms with Gasteiger partial charge < -0.3 is 5.32 Å². The summed E-state index contributed by atoms with van der Waals surface area (Å²) in [6, 6.07) is 3.22. The third-order valence-corrected chi connectivity index (χ3v) is 2.76. The van der Waals surface area contributed by atoms with Crippen LogP contribution >= 0.6 is 15.9 Å². The fourth-order valence-electron chi connectivity index (χ4n) is 1.47. The molecule has 0 spiro atoms. The minimum atomic E-state index is -0.383. The summed E-state index contributed by atoms with van der Waals surface area (Å²) in [6.45, 7) is 0. The zero-order chi connectivity index (χ0) is 11.5. The minimum Gasteiger partial charge on any atom is -0.358 e. The molecule has 0 bridgehead atoms. The molecular weight excluding hydrogens is 274 g/mol. The Hall–Kier alpha value is -1.43. The van der Waals surface area contributed by atoms with Gasteiger partial charge in [0.05, 0.1) is 0 Å². The number of nitrogens with zero attached hydrogens (tertiary/aromatic N) is 1. The smallest absolute Gasteiger partial charge is 0.249 e. The molecule has 2 N–H and O–H groups in total. The van der Waals surface area contributed by atoms with Gasteiger partial charge in [0.15, 0.2) is 0 Å². The van der Waals surface area contributed by atoms with Crippen LogP contribution in [0.1, 0.15) is 12.8 Å². The average Bonchev–Trinajstić information content (AvgIpc) is 2.25. The number of hydrogen-bond acceptors (Lipinski definition) is 4. The molecule has 0 aromatic carbocycles. The van der Waals surface area contributed by atoms with Crippen molar-refractivity contribution in [3.8, 4) is 0 Å². The van der Waals surface area contributed by atoms with Gasteiger partial charge in [0.1, 0.15) is 11.9 Å². The Kier molecular flexibility index (Phi) is 3.19. The molecule has 6 heteroatoms. The Morgan fingerprint density at radius 1 is 1.44 bits per heavy atom. The van der Waals surface area contributed by atoms with Crippen LogP contribution in [0.3, 0.4) is 0 Å². The first-order valence-electron chi connectivity index (χ1n) is 4.87. The number of anilines is 1. The van der Waals surface area contributed by atoms with Gasteiger partial charge in [-0.25, -0.2) is 4.98 Å². The SMILES string of the molecule is O=C1CCC(Nc2ccc(Br)cn2)C(=O)N1. The standard InChI is InChI=1S/C10H10BrN3O2/c11-6-1-3-8(12-5-6)13-7-2-4-9(15)14-10(7)16/h1,3,5,7H,2,4H2,(H,12,13)(H,14,15,16). The van der Waals surface area contributed by atoms with Crippen molar-refractivity contribution in [2.24, 2.45) is 0 Å². The highest BCUT2D eigenvalue weighted by Gasteiger charge is 2.26. The number of imide groups is 1. The van der Waals surface area contributed by atoms with E-state index in [4.69, 9.17) is 0 Å². The van der Waals surface area contributed by atoms with Gasteiger partial charge >= 0.3 is 0 Å². The summed E-state index contributed by atoms with van der Waals surface area (Å²) in [4.78, 5) is 26.5. The lowest BCUT2D eigenvalue weighted by Gasteiger charge is -2.22. The summed E-state index contributed by atoms with van der Waals surface area (Å²) in [5, 5.41) is 5.27. The van der Waals surface area contributed by atoms with Crippen molar-refractivity contribution < 1.29 is 9.59 Å². The molecule has 1 atom stereocenters. The predicted molar refractivity (Wildman–Crippen MR) is 61.7 cm³/mol. The molecule has 0 saturated carbocycles. The van der Waals surface area contributed by atoms with E-state index in [2.05, 4.69) is 31.5 Å². The van der Waals surface area contributed by atoms with Crippen molar-refractivity contribution in [2.75, 3.05) is 5.32 Å². The van der Waals surface area contributed by atoms with E-state index in [9.17, 15) is 9.59 Å². The summed E-state index contributed by atoms with van der Waals surface area (Å²) < 4.78 is 0.876. The summed E-state index contributed by atoms with van der Waals surface area (Å²) in [5.41, 5.74) is 0. The molecule has 2 heterocycles. The second-order valence-corrected chi connectivity index (χ2v) is 4.43. The Morgan fingerprint density at radius 2 is 2.25 bits per heavy atom. The summed E-state index contributed by atoms with van der Waals surface area (Å²) in [7, 11) is 0. The topological polar surface area (TPSA) is 71.1 Å². The first kappa shape index (κ1) is 11.1. The zero-order valence-electron chi connectivity index (χ0n) is 8.37. The number of pyridine rings is 1. The summed E-state index contributed by atoms with van der Waals surface area (Å²) >= 11 is 3.28. The van der Waals surface area contributed by atoms with Crippen molar-refractivity contribution in [1.29, 1.82) is 0 Å². The first-order valence-corrected chi connectivity index (χ1v) is 5.66. The van der Waals surface area contributed by atoms with Crippen LogP contribution in [0.25, 0.3) is 0 Å². The van der Waals surface area contributed by atoms with Gasteiger partial charge in [0, 0.05) is 17.1 Å². The Bertz CT molecular complexity index is 419. The molecule has 2 rings (SSSR count). The van der Waals surface area contributed by atoms with E-state index in [1.165, 1.54) is 0 Å². The van der Waals surface area contributed by atoms with Crippen molar-refractivity contribution in [3.63, 3.8) is 0 Å². The summed E-state index contributed by atoms with van der Waals surface area (Å²) in [5.74, 6) is 0.116. The van der Waals surface area contributed by atoms with E-state index in [0.29, 0.717) is 18.7 Å². The van der Waals surface area contributed by atoms with E-state index in [1.54, 1.807) is 12.3 Å². The fraction of sp³-hybridized carbons (Fsp3) is 0.300. The van der Waals surface area contributed by atoms with Crippen LogP contribution < -0.4 is 10.6 Å². The number of carbonyl (C=O) groups excluding carboxylic acids is 2. The quantitative estimate of drug-likeness (QED) is 0.797.